The molecule has 1 aromatic rings. The van der Waals surface area contributed by atoms with Gasteiger partial charge in [-0.1, -0.05) is 56.7 Å². The maximum Gasteiger partial charge on any atom is -0.0100 e. The molecule has 0 saturated carbocycles. The van der Waals surface area contributed by atoms with Crippen LogP contribution in [0.5, 0.6) is 0 Å². The van der Waals surface area contributed by atoms with Crippen molar-refractivity contribution < 1.29 is 0 Å². The summed E-state index contributed by atoms with van der Waals surface area (Å²) in [6.45, 7) is 10.0. The molecule has 0 aliphatic heterocycles. The number of allylic oxidation sites excluding steroid dienone is 2. The number of benzene rings is 1. The summed E-state index contributed by atoms with van der Waals surface area (Å²) >= 11 is 0. The van der Waals surface area contributed by atoms with Gasteiger partial charge in [-0.15, -0.1) is 6.58 Å². The second kappa shape index (κ2) is 7.05. The van der Waals surface area contributed by atoms with Crippen LogP contribution in [0, 0.1) is 0 Å². The molecule has 0 saturated heterocycles. The van der Waals surface area contributed by atoms with Gasteiger partial charge in [-0.3, -0.25) is 0 Å². The van der Waals surface area contributed by atoms with Crippen molar-refractivity contribution >= 4 is 5.57 Å². The number of unbranched alkanes of at least 4 members (excludes halogenated alkanes) is 2. The number of rotatable bonds is 7. The SMILES string of the molecule is C=CCC(=C)c1ccc(CCCCC)cc1. The first-order chi connectivity index (χ1) is 7.77. The predicted octanol–water partition coefficient (Wildman–Crippen LogP) is 5.01. The molecule has 1 rings (SSSR count). The zero-order chi connectivity index (χ0) is 11.8. The lowest BCUT2D eigenvalue weighted by molar-refractivity contribution is 0.717. The average Bonchev–Trinajstić information content (AvgIpc) is 2.30. The molecule has 0 radical (unpaired) electrons. The molecule has 0 heteroatoms. The maximum absolute atomic E-state index is 4.05. The van der Waals surface area contributed by atoms with Crippen molar-refractivity contribution in [3.63, 3.8) is 0 Å². The second-order valence-electron chi connectivity index (χ2n) is 4.25. The molecule has 0 bridgehead atoms. The van der Waals surface area contributed by atoms with Gasteiger partial charge in [0.05, 0.1) is 0 Å². The van der Waals surface area contributed by atoms with Crippen molar-refractivity contribution in [3.8, 4) is 0 Å². The van der Waals surface area contributed by atoms with E-state index in [1.54, 1.807) is 0 Å². The molecule has 16 heavy (non-hydrogen) atoms. The molecule has 0 nitrogen and oxygen atoms in total. The number of aryl methyl sites for hydroxylation is 1. The Morgan fingerprint density at radius 2 is 1.88 bits per heavy atom. The average molecular weight is 214 g/mol. The van der Waals surface area contributed by atoms with E-state index in [-0.39, 0.29) is 0 Å². The quantitative estimate of drug-likeness (QED) is 0.442. The van der Waals surface area contributed by atoms with Crippen LogP contribution in [0.2, 0.25) is 0 Å². The fraction of sp³-hybridized carbons (Fsp3) is 0.375. The van der Waals surface area contributed by atoms with Crippen molar-refractivity contribution in [1.82, 2.24) is 0 Å². The van der Waals surface area contributed by atoms with Crippen molar-refractivity contribution in [2.24, 2.45) is 0 Å². The molecule has 0 fully saturated rings. The minimum atomic E-state index is 0.870. The highest BCUT2D eigenvalue weighted by Gasteiger charge is 1.97. The van der Waals surface area contributed by atoms with E-state index in [4.69, 9.17) is 0 Å². The summed E-state index contributed by atoms with van der Waals surface area (Å²) in [6.07, 6.45) is 7.87. The molecule has 1 aromatic carbocycles. The third-order valence-electron chi connectivity index (χ3n) is 2.82. The van der Waals surface area contributed by atoms with Crippen molar-refractivity contribution in [2.45, 2.75) is 39.0 Å². The Balaban J connectivity index is 2.53. The van der Waals surface area contributed by atoms with E-state index in [1.165, 1.54) is 36.8 Å². The van der Waals surface area contributed by atoms with Gasteiger partial charge in [-0.05, 0) is 36.0 Å². The highest BCUT2D eigenvalue weighted by Crippen LogP contribution is 2.17. The molecule has 0 unspecified atom stereocenters. The predicted molar refractivity (Wildman–Crippen MR) is 73.5 cm³/mol. The zero-order valence-electron chi connectivity index (χ0n) is 10.3. The lowest BCUT2D eigenvalue weighted by Crippen LogP contribution is -1.87. The normalized spacial score (nSPS) is 10.1. The summed E-state index contributed by atoms with van der Waals surface area (Å²) in [4.78, 5) is 0. The van der Waals surface area contributed by atoms with Crippen LogP contribution < -0.4 is 0 Å². The fourth-order valence-electron chi connectivity index (χ4n) is 1.78. The molecule has 86 valence electrons. The van der Waals surface area contributed by atoms with Gasteiger partial charge in [0.25, 0.3) is 0 Å². The molecule has 0 aliphatic rings. The topological polar surface area (TPSA) is 0 Å². The minimum Gasteiger partial charge on any atom is -0.103 e. The Kier molecular flexibility index (Phi) is 5.63. The van der Waals surface area contributed by atoms with E-state index in [0.717, 1.165) is 12.0 Å². The lowest BCUT2D eigenvalue weighted by Gasteiger charge is -2.05. The van der Waals surface area contributed by atoms with Crippen molar-refractivity contribution in [1.29, 1.82) is 0 Å². The summed E-state index contributed by atoms with van der Waals surface area (Å²) in [7, 11) is 0. The van der Waals surface area contributed by atoms with Gasteiger partial charge in [0.2, 0.25) is 0 Å². The van der Waals surface area contributed by atoms with E-state index in [9.17, 15) is 0 Å². The second-order valence-corrected chi connectivity index (χ2v) is 4.25. The van der Waals surface area contributed by atoms with Crippen LogP contribution >= 0.6 is 0 Å². The zero-order valence-corrected chi connectivity index (χ0v) is 10.3. The molecule has 0 heterocycles. The largest absolute Gasteiger partial charge is 0.103 e. The van der Waals surface area contributed by atoms with E-state index in [2.05, 4.69) is 44.3 Å². The Bertz CT molecular complexity index is 330. The van der Waals surface area contributed by atoms with Gasteiger partial charge in [0.15, 0.2) is 0 Å². The Morgan fingerprint density at radius 1 is 1.19 bits per heavy atom. The summed E-state index contributed by atoms with van der Waals surface area (Å²) < 4.78 is 0. The van der Waals surface area contributed by atoms with Gasteiger partial charge in [-0.25, -0.2) is 0 Å². The monoisotopic (exact) mass is 214 g/mol. The third kappa shape index (κ3) is 4.06. The van der Waals surface area contributed by atoms with Crippen LogP contribution in [0.15, 0.2) is 43.5 Å². The first-order valence-corrected chi connectivity index (χ1v) is 6.16. The van der Waals surface area contributed by atoms with Crippen molar-refractivity contribution in [3.05, 3.63) is 54.6 Å². The minimum absolute atomic E-state index is 0.870. The standard InChI is InChI=1S/C16H22/c1-4-6-7-9-15-10-12-16(13-11-15)14(3)8-5-2/h5,10-13H,2-4,6-9H2,1H3. The van der Waals surface area contributed by atoms with Crippen molar-refractivity contribution in [2.75, 3.05) is 0 Å². The molecule has 0 amide bonds. The molecule has 0 N–H and O–H groups in total. The Labute approximate surface area is 99.7 Å². The first-order valence-electron chi connectivity index (χ1n) is 6.16. The van der Waals surface area contributed by atoms with E-state index in [1.807, 2.05) is 6.08 Å². The highest BCUT2D eigenvalue weighted by atomic mass is 14.0. The third-order valence-corrected chi connectivity index (χ3v) is 2.82. The van der Waals surface area contributed by atoms with Crippen LogP contribution in [0.1, 0.15) is 43.7 Å². The van der Waals surface area contributed by atoms with E-state index >= 15 is 0 Å². The lowest BCUT2D eigenvalue weighted by atomic mass is 10.0. The molecule has 0 aromatic heterocycles. The summed E-state index contributed by atoms with van der Waals surface area (Å²) in [5.74, 6) is 0. The van der Waals surface area contributed by atoms with Crippen LogP contribution in [-0.2, 0) is 6.42 Å². The maximum atomic E-state index is 4.05. The van der Waals surface area contributed by atoms with E-state index in [0.29, 0.717) is 0 Å². The molecule has 0 spiro atoms. The van der Waals surface area contributed by atoms with Gasteiger partial charge in [0.1, 0.15) is 0 Å². The summed E-state index contributed by atoms with van der Waals surface area (Å²) in [6, 6.07) is 8.79. The van der Waals surface area contributed by atoms with Crippen LogP contribution in [0.4, 0.5) is 0 Å². The van der Waals surface area contributed by atoms with Gasteiger partial charge in [0, 0.05) is 0 Å². The van der Waals surface area contributed by atoms with Crippen LogP contribution in [0.3, 0.4) is 0 Å². The molecule has 0 aliphatic carbocycles. The molecular weight excluding hydrogens is 192 g/mol. The first kappa shape index (κ1) is 12.8. The van der Waals surface area contributed by atoms with Gasteiger partial charge < -0.3 is 0 Å². The van der Waals surface area contributed by atoms with Gasteiger partial charge in [-0.2, -0.15) is 0 Å². The summed E-state index contributed by atoms with van der Waals surface area (Å²) in [5.41, 5.74) is 3.82. The summed E-state index contributed by atoms with van der Waals surface area (Å²) in [5, 5.41) is 0. The highest BCUT2D eigenvalue weighted by molar-refractivity contribution is 5.64. The Hall–Kier alpha value is -1.30. The molecule has 0 atom stereocenters. The van der Waals surface area contributed by atoms with E-state index < -0.39 is 0 Å². The number of hydrogen-bond donors (Lipinski definition) is 0. The molecular formula is C16H22. The van der Waals surface area contributed by atoms with Crippen LogP contribution in [0.25, 0.3) is 5.57 Å². The fourth-order valence-corrected chi connectivity index (χ4v) is 1.78. The Morgan fingerprint density at radius 3 is 2.44 bits per heavy atom. The number of hydrogen-bond acceptors (Lipinski definition) is 0. The van der Waals surface area contributed by atoms with Crippen LogP contribution in [-0.4, -0.2) is 0 Å². The van der Waals surface area contributed by atoms with Gasteiger partial charge >= 0.3 is 0 Å². The smallest absolute Gasteiger partial charge is 0.0100 e.